The molecule has 4 nitrogen and oxygen atoms in total. The number of benzene rings is 2. The van der Waals surface area contributed by atoms with Crippen LogP contribution in [0.3, 0.4) is 0 Å². The van der Waals surface area contributed by atoms with Crippen LogP contribution >= 0.6 is 0 Å². The van der Waals surface area contributed by atoms with Crippen LogP contribution in [0.2, 0.25) is 0 Å². The van der Waals surface area contributed by atoms with Gasteiger partial charge in [0.1, 0.15) is 0 Å². The molecule has 2 aromatic carbocycles. The molecule has 3 aromatic rings. The van der Waals surface area contributed by atoms with E-state index in [1.807, 2.05) is 55.5 Å². The molecule has 0 unspecified atom stereocenters. The summed E-state index contributed by atoms with van der Waals surface area (Å²) in [7, 11) is 0. The van der Waals surface area contributed by atoms with Gasteiger partial charge in [-0.2, -0.15) is 0 Å². The zero-order valence-electron chi connectivity index (χ0n) is 12.9. The Morgan fingerprint density at radius 1 is 1.09 bits per heavy atom. The summed E-state index contributed by atoms with van der Waals surface area (Å²) in [5.74, 6) is -0.273. The summed E-state index contributed by atoms with van der Waals surface area (Å²) in [4.78, 5) is 17.9. The van der Waals surface area contributed by atoms with Crippen LogP contribution in [0.4, 0.5) is 5.69 Å². The maximum absolute atomic E-state index is 13.1. The number of fused-ring (bicyclic) bond motifs is 2. The monoisotopic (exact) mass is 306 g/mol. The molecule has 1 atom stereocenters. The standard InChI is InChI=1S/C19H18N2O2/c1-2-11-21-17-10-6-4-8-14(17)19(23,18(21)22)15-12-20-16-9-5-3-7-13(15)16/h3-10,12,20,23H,2,11H2,1H3/t19-/m1/s1. The summed E-state index contributed by atoms with van der Waals surface area (Å²) in [6, 6.07) is 15.2. The van der Waals surface area contributed by atoms with Crippen molar-refractivity contribution in [3.8, 4) is 0 Å². The van der Waals surface area contributed by atoms with Crippen LogP contribution in [0.25, 0.3) is 10.9 Å². The number of aromatic amines is 1. The van der Waals surface area contributed by atoms with Gasteiger partial charge in [-0.25, -0.2) is 0 Å². The third kappa shape index (κ3) is 1.79. The van der Waals surface area contributed by atoms with Crippen molar-refractivity contribution in [3.63, 3.8) is 0 Å². The van der Waals surface area contributed by atoms with E-state index < -0.39 is 5.60 Å². The van der Waals surface area contributed by atoms with Crippen LogP contribution in [0.1, 0.15) is 24.5 Å². The largest absolute Gasteiger partial charge is 0.372 e. The number of hydrogen-bond acceptors (Lipinski definition) is 2. The number of hydrogen-bond donors (Lipinski definition) is 2. The molecule has 0 bridgehead atoms. The van der Waals surface area contributed by atoms with Gasteiger partial charge in [0.2, 0.25) is 0 Å². The van der Waals surface area contributed by atoms with Crippen molar-refractivity contribution >= 4 is 22.5 Å². The molecule has 0 radical (unpaired) electrons. The van der Waals surface area contributed by atoms with E-state index in [0.717, 1.165) is 23.0 Å². The summed E-state index contributed by atoms with van der Waals surface area (Å²) in [5.41, 5.74) is 1.35. The van der Waals surface area contributed by atoms with Gasteiger partial charge in [-0.15, -0.1) is 0 Å². The molecule has 23 heavy (non-hydrogen) atoms. The average molecular weight is 306 g/mol. The third-order valence-corrected chi connectivity index (χ3v) is 4.57. The van der Waals surface area contributed by atoms with Crippen molar-refractivity contribution in [2.45, 2.75) is 18.9 Å². The third-order valence-electron chi connectivity index (χ3n) is 4.57. The lowest BCUT2D eigenvalue weighted by Crippen LogP contribution is -2.41. The fourth-order valence-corrected chi connectivity index (χ4v) is 3.51. The summed E-state index contributed by atoms with van der Waals surface area (Å²) in [6.45, 7) is 2.62. The Kier molecular flexibility index (Phi) is 3.03. The number of H-pyrrole nitrogens is 1. The first-order valence-electron chi connectivity index (χ1n) is 7.88. The Bertz CT molecular complexity index is 899. The molecule has 0 saturated carbocycles. The minimum Gasteiger partial charge on any atom is -0.372 e. The van der Waals surface area contributed by atoms with E-state index in [2.05, 4.69) is 4.98 Å². The average Bonchev–Trinajstić information content (AvgIpc) is 3.10. The molecule has 4 heteroatoms. The maximum atomic E-state index is 13.1. The van der Waals surface area contributed by atoms with Crippen LogP contribution in [-0.4, -0.2) is 22.5 Å². The first-order chi connectivity index (χ1) is 11.2. The molecule has 0 aliphatic carbocycles. The van der Waals surface area contributed by atoms with E-state index in [1.165, 1.54) is 0 Å². The fourth-order valence-electron chi connectivity index (χ4n) is 3.51. The first kappa shape index (κ1) is 14.0. The number of carbonyl (C=O) groups excluding carboxylic acids is 1. The number of anilines is 1. The molecule has 1 aliphatic heterocycles. The highest BCUT2D eigenvalue weighted by molar-refractivity contribution is 6.11. The molecule has 2 heterocycles. The Morgan fingerprint density at radius 3 is 2.65 bits per heavy atom. The zero-order valence-corrected chi connectivity index (χ0v) is 12.9. The minimum atomic E-state index is -1.63. The van der Waals surface area contributed by atoms with Crippen molar-refractivity contribution in [2.24, 2.45) is 0 Å². The molecular formula is C19H18N2O2. The second-order valence-electron chi connectivity index (χ2n) is 5.93. The quantitative estimate of drug-likeness (QED) is 0.781. The minimum absolute atomic E-state index is 0.273. The van der Waals surface area contributed by atoms with Crippen LogP contribution < -0.4 is 4.90 Å². The number of para-hydroxylation sites is 2. The van der Waals surface area contributed by atoms with Gasteiger partial charge in [-0.1, -0.05) is 43.3 Å². The van der Waals surface area contributed by atoms with E-state index >= 15 is 0 Å². The lowest BCUT2D eigenvalue weighted by Gasteiger charge is -2.23. The van der Waals surface area contributed by atoms with Crippen LogP contribution in [-0.2, 0) is 10.4 Å². The second-order valence-corrected chi connectivity index (χ2v) is 5.93. The van der Waals surface area contributed by atoms with Gasteiger partial charge < -0.3 is 15.0 Å². The molecule has 1 aliphatic rings. The highest BCUT2D eigenvalue weighted by atomic mass is 16.3. The highest BCUT2D eigenvalue weighted by Gasteiger charge is 2.51. The molecule has 0 spiro atoms. The second kappa shape index (κ2) is 4.96. The number of carbonyl (C=O) groups is 1. The van der Waals surface area contributed by atoms with E-state index in [-0.39, 0.29) is 5.91 Å². The number of amides is 1. The number of rotatable bonds is 3. The van der Waals surface area contributed by atoms with Gasteiger partial charge in [0, 0.05) is 34.8 Å². The molecular weight excluding hydrogens is 288 g/mol. The van der Waals surface area contributed by atoms with E-state index in [0.29, 0.717) is 17.7 Å². The molecule has 4 rings (SSSR count). The Balaban J connectivity index is 1.98. The molecule has 1 amide bonds. The van der Waals surface area contributed by atoms with Gasteiger partial charge in [0.15, 0.2) is 5.60 Å². The van der Waals surface area contributed by atoms with Crippen LogP contribution in [0.15, 0.2) is 54.7 Å². The number of nitrogens with one attached hydrogen (secondary N) is 1. The smallest absolute Gasteiger partial charge is 0.268 e. The molecule has 0 saturated heterocycles. The molecule has 2 N–H and O–H groups in total. The first-order valence-corrected chi connectivity index (χ1v) is 7.88. The van der Waals surface area contributed by atoms with E-state index in [9.17, 15) is 9.90 Å². The summed E-state index contributed by atoms with van der Waals surface area (Å²) >= 11 is 0. The van der Waals surface area contributed by atoms with Gasteiger partial charge in [-0.05, 0) is 18.6 Å². The zero-order chi connectivity index (χ0) is 16.0. The van der Waals surface area contributed by atoms with E-state index in [1.54, 1.807) is 11.1 Å². The van der Waals surface area contributed by atoms with Crippen molar-refractivity contribution in [3.05, 3.63) is 65.9 Å². The van der Waals surface area contributed by atoms with E-state index in [4.69, 9.17) is 0 Å². The Labute approximate surface area is 134 Å². The van der Waals surface area contributed by atoms with Crippen molar-refractivity contribution in [1.29, 1.82) is 0 Å². The van der Waals surface area contributed by atoms with Gasteiger partial charge in [0.05, 0.1) is 5.69 Å². The lowest BCUT2D eigenvalue weighted by molar-refractivity contribution is -0.132. The lowest BCUT2D eigenvalue weighted by atomic mass is 9.87. The molecule has 116 valence electrons. The maximum Gasteiger partial charge on any atom is 0.268 e. The topological polar surface area (TPSA) is 56.3 Å². The molecule has 1 aromatic heterocycles. The summed E-state index contributed by atoms with van der Waals surface area (Å²) in [6.07, 6.45) is 2.58. The SMILES string of the molecule is CCCN1C(=O)[C@](O)(c2c[nH]c3ccccc23)c2ccccc21. The van der Waals surface area contributed by atoms with Gasteiger partial charge in [-0.3, -0.25) is 4.79 Å². The number of nitrogens with zero attached hydrogens (tertiary/aromatic N) is 1. The number of aliphatic hydroxyl groups is 1. The van der Waals surface area contributed by atoms with Crippen molar-refractivity contribution < 1.29 is 9.90 Å². The number of aromatic nitrogens is 1. The van der Waals surface area contributed by atoms with Gasteiger partial charge >= 0.3 is 0 Å². The molecule has 0 fully saturated rings. The predicted octanol–water partition coefficient (Wildman–Crippen LogP) is 3.16. The summed E-state index contributed by atoms with van der Waals surface area (Å²) < 4.78 is 0. The predicted molar refractivity (Wildman–Crippen MR) is 90.4 cm³/mol. The van der Waals surface area contributed by atoms with Gasteiger partial charge in [0.25, 0.3) is 5.91 Å². The Morgan fingerprint density at radius 2 is 1.83 bits per heavy atom. The van der Waals surface area contributed by atoms with Crippen LogP contribution in [0.5, 0.6) is 0 Å². The Hall–Kier alpha value is -2.59. The van der Waals surface area contributed by atoms with Crippen molar-refractivity contribution in [2.75, 3.05) is 11.4 Å². The van der Waals surface area contributed by atoms with Crippen LogP contribution in [0, 0.1) is 0 Å². The summed E-state index contributed by atoms with van der Waals surface area (Å²) in [5, 5.41) is 12.3. The highest BCUT2D eigenvalue weighted by Crippen LogP contribution is 2.46. The normalized spacial score (nSPS) is 20.3. The fraction of sp³-hybridized carbons (Fsp3) is 0.211. The van der Waals surface area contributed by atoms with Crippen molar-refractivity contribution in [1.82, 2.24) is 4.98 Å².